The van der Waals surface area contributed by atoms with Crippen LogP contribution in [0.5, 0.6) is 0 Å². The third kappa shape index (κ3) is 1.95. The van der Waals surface area contributed by atoms with Crippen molar-refractivity contribution in [3.63, 3.8) is 0 Å². The van der Waals surface area contributed by atoms with Crippen molar-refractivity contribution < 1.29 is 19.8 Å². The smallest absolute Gasteiger partial charge is 0.308 e. The van der Waals surface area contributed by atoms with Crippen molar-refractivity contribution in [3.8, 4) is 0 Å². The predicted molar refractivity (Wildman–Crippen MR) is 79.6 cm³/mol. The molecule has 0 amide bonds. The molecule has 3 aliphatic carbocycles. The Labute approximate surface area is 126 Å². The summed E-state index contributed by atoms with van der Waals surface area (Å²) in [6.45, 7) is 10.7. The number of aliphatic carboxylic acids is 2. The van der Waals surface area contributed by atoms with E-state index in [4.69, 9.17) is 0 Å². The van der Waals surface area contributed by atoms with Crippen LogP contribution in [0.15, 0.2) is 12.2 Å². The van der Waals surface area contributed by atoms with Crippen molar-refractivity contribution in [3.05, 3.63) is 12.2 Å². The Morgan fingerprint density at radius 3 is 1.81 bits per heavy atom. The zero-order chi connectivity index (χ0) is 16.1. The number of hydrogen-bond acceptors (Lipinski definition) is 2. The van der Waals surface area contributed by atoms with Crippen LogP contribution in [0.2, 0.25) is 0 Å². The molecule has 21 heavy (non-hydrogen) atoms. The molecule has 118 valence electrons. The summed E-state index contributed by atoms with van der Waals surface area (Å²) in [6, 6.07) is 0. The maximum atomic E-state index is 11.8. The number of carboxylic acid groups (broad SMARTS) is 2. The van der Waals surface area contributed by atoms with E-state index in [0.717, 1.165) is 0 Å². The molecular formula is C17H26O4. The van der Waals surface area contributed by atoms with Crippen LogP contribution in [0.3, 0.4) is 0 Å². The molecule has 0 aromatic heterocycles. The highest BCUT2D eigenvalue weighted by Crippen LogP contribution is 2.63. The van der Waals surface area contributed by atoms with Gasteiger partial charge in [0.1, 0.15) is 0 Å². The molecule has 2 N–H and O–H groups in total. The van der Waals surface area contributed by atoms with E-state index >= 15 is 0 Å². The van der Waals surface area contributed by atoms with Crippen molar-refractivity contribution in [2.45, 2.75) is 34.6 Å². The van der Waals surface area contributed by atoms with Gasteiger partial charge in [-0.05, 0) is 35.0 Å². The average molecular weight is 294 g/mol. The minimum absolute atomic E-state index is 0.158. The molecule has 3 rings (SSSR count). The molecule has 4 heteroatoms. The highest BCUT2D eigenvalue weighted by atomic mass is 16.4. The van der Waals surface area contributed by atoms with Crippen molar-refractivity contribution >= 4 is 11.9 Å². The summed E-state index contributed by atoms with van der Waals surface area (Å²) in [5.41, 5.74) is -0.158. The summed E-state index contributed by atoms with van der Waals surface area (Å²) in [5, 5.41) is 19.2. The topological polar surface area (TPSA) is 74.6 Å². The number of allylic oxidation sites excluding steroid dienone is 2. The van der Waals surface area contributed by atoms with Crippen molar-refractivity contribution in [2.75, 3.05) is 0 Å². The van der Waals surface area contributed by atoms with Crippen molar-refractivity contribution in [1.82, 2.24) is 0 Å². The van der Waals surface area contributed by atoms with Crippen LogP contribution in [0.25, 0.3) is 0 Å². The first-order chi connectivity index (χ1) is 9.67. The Hall–Kier alpha value is -1.32. The molecule has 4 nitrogen and oxygen atoms in total. The van der Waals surface area contributed by atoms with Gasteiger partial charge in [0.05, 0.1) is 11.8 Å². The lowest BCUT2D eigenvalue weighted by Gasteiger charge is -2.62. The molecule has 0 aromatic rings. The van der Waals surface area contributed by atoms with Gasteiger partial charge < -0.3 is 10.2 Å². The Morgan fingerprint density at radius 1 is 0.952 bits per heavy atom. The summed E-state index contributed by atoms with van der Waals surface area (Å²) in [5.74, 6) is -3.20. The molecular weight excluding hydrogens is 268 g/mol. The normalized spacial score (nSPS) is 37.2. The summed E-state index contributed by atoms with van der Waals surface area (Å²) >= 11 is 0. The molecule has 1 fully saturated rings. The molecule has 5 unspecified atom stereocenters. The van der Waals surface area contributed by atoms with Crippen LogP contribution in [0.4, 0.5) is 0 Å². The Morgan fingerprint density at radius 2 is 1.43 bits per heavy atom. The van der Waals surface area contributed by atoms with E-state index in [1.165, 1.54) is 0 Å². The molecule has 0 aromatic carbocycles. The van der Waals surface area contributed by atoms with Gasteiger partial charge in [-0.1, -0.05) is 46.8 Å². The monoisotopic (exact) mass is 294 g/mol. The summed E-state index contributed by atoms with van der Waals surface area (Å²) in [4.78, 5) is 23.5. The van der Waals surface area contributed by atoms with E-state index in [-0.39, 0.29) is 23.2 Å². The van der Waals surface area contributed by atoms with Crippen LogP contribution in [0, 0.1) is 46.8 Å². The lowest BCUT2D eigenvalue weighted by molar-refractivity contribution is -0.181. The standard InChI is InChI=1S/C17H26O4/c1-8(2)17(9(3)4)10(5)11-6-7-12(17)14(16(20)21)13(11)15(18)19/h6-14H,1-5H3,(H,18,19)(H,20,21). The zero-order valence-electron chi connectivity index (χ0n) is 13.4. The summed E-state index contributed by atoms with van der Waals surface area (Å²) in [7, 11) is 0. The fourth-order valence-corrected chi connectivity index (χ4v) is 5.66. The first-order valence-corrected chi connectivity index (χ1v) is 7.81. The second-order valence-corrected chi connectivity index (χ2v) is 7.31. The van der Waals surface area contributed by atoms with Crippen LogP contribution in [0.1, 0.15) is 34.6 Å². The molecule has 0 heterocycles. The molecule has 2 bridgehead atoms. The number of carbonyl (C=O) groups is 2. The van der Waals surface area contributed by atoms with Gasteiger partial charge >= 0.3 is 11.9 Å². The van der Waals surface area contributed by atoms with E-state index in [9.17, 15) is 19.8 Å². The van der Waals surface area contributed by atoms with Gasteiger partial charge in [0, 0.05) is 0 Å². The minimum Gasteiger partial charge on any atom is -0.481 e. The predicted octanol–water partition coefficient (Wildman–Crippen LogP) is 3.14. The SMILES string of the molecule is CC(C)C1(C(C)C)C(C)C2C=CC1C(C(=O)O)C2C(=O)O. The van der Waals surface area contributed by atoms with Crippen LogP contribution >= 0.6 is 0 Å². The van der Waals surface area contributed by atoms with E-state index < -0.39 is 23.8 Å². The number of hydrogen-bond donors (Lipinski definition) is 2. The quantitative estimate of drug-likeness (QED) is 0.781. The fourth-order valence-electron chi connectivity index (χ4n) is 5.66. The van der Waals surface area contributed by atoms with Gasteiger partial charge in [-0.2, -0.15) is 0 Å². The molecule has 3 aliphatic rings. The van der Waals surface area contributed by atoms with Gasteiger partial charge in [0.2, 0.25) is 0 Å². The second kappa shape index (κ2) is 5.15. The third-order valence-corrected chi connectivity index (χ3v) is 6.24. The third-order valence-electron chi connectivity index (χ3n) is 6.24. The van der Waals surface area contributed by atoms with Gasteiger partial charge in [0.25, 0.3) is 0 Å². The summed E-state index contributed by atoms with van der Waals surface area (Å²) in [6.07, 6.45) is 3.94. The van der Waals surface area contributed by atoms with E-state index in [1.807, 2.05) is 12.2 Å². The van der Waals surface area contributed by atoms with Gasteiger partial charge in [-0.25, -0.2) is 0 Å². The molecule has 0 aliphatic heterocycles. The summed E-state index contributed by atoms with van der Waals surface area (Å²) < 4.78 is 0. The van der Waals surface area contributed by atoms with E-state index in [1.54, 1.807) is 0 Å². The van der Waals surface area contributed by atoms with Gasteiger partial charge in [-0.3, -0.25) is 9.59 Å². The van der Waals surface area contributed by atoms with E-state index in [2.05, 4.69) is 34.6 Å². The molecule has 5 atom stereocenters. The average Bonchev–Trinajstić information content (AvgIpc) is 2.37. The van der Waals surface area contributed by atoms with E-state index in [0.29, 0.717) is 11.8 Å². The maximum Gasteiger partial charge on any atom is 0.308 e. The minimum atomic E-state index is -0.977. The first kappa shape index (κ1) is 16.1. The molecule has 0 radical (unpaired) electrons. The number of fused-ring (bicyclic) bond motifs is 2. The highest BCUT2D eigenvalue weighted by molar-refractivity contribution is 5.82. The number of rotatable bonds is 4. The molecule has 0 spiro atoms. The molecule has 1 saturated carbocycles. The fraction of sp³-hybridized carbons (Fsp3) is 0.765. The Bertz CT molecular complexity index is 469. The van der Waals surface area contributed by atoms with Gasteiger partial charge in [-0.15, -0.1) is 0 Å². The van der Waals surface area contributed by atoms with Crippen molar-refractivity contribution in [2.24, 2.45) is 46.8 Å². The maximum absolute atomic E-state index is 11.8. The molecule has 0 saturated heterocycles. The second-order valence-electron chi connectivity index (χ2n) is 7.31. The Balaban J connectivity index is 2.63. The van der Waals surface area contributed by atoms with Gasteiger partial charge in [0.15, 0.2) is 0 Å². The highest BCUT2D eigenvalue weighted by Gasteiger charge is 2.63. The van der Waals surface area contributed by atoms with Crippen LogP contribution < -0.4 is 0 Å². The largest absolute Gasteiger partial charge is 0.481 e. The van der Waals surface area contributed by atoms with Crippen LogP contribution in [-0.4, -0.2) is 22.2 Å². The van der Waals surface area contributed by atoms with Crippen molar-refractivity contribution in [1.29, 1.82) is 0 Å². The van der Waals surface area contributed by atoms with Crippen LogP contribution in [-0.2, 0) is 9.59 Å². The number of carboxylic acids is 2. The first-order valence-electron chi connectivity index (χ1n) is 7.81. The lowest BCUT2D eigenvalue weighted by atomic mass is 9.41. The Kier molecular flexibility index (Phi) is 3.94. The lowest BCUT2D eigenvalue weighted by Crippen LogP contribution is -2.62. The zero-order valence-corrected chi connectivity index (χ0v) is 13.4.